The summed E-state index contributed by atoms with van der Waals surface area (Å²) in [5.41, 5.74) is 1.41. The van der Waals surface area contributed by atoms with Gasteiger partial charge in [-0.15, -0.1) is 0 Å². The van der Waals surface area contributed by atoms with Crippen molar-refractivity contribution in [3.8, 4) is 22.9 Å². The van der Waals surface area contributed by atoms with Crippen LogP contribution in [0.15, 0.2) is 72.8 Å². The maximum absolute atomic E-state index is 14.1. The van der Waals surface area contributed by atoms with Gasteiger partial charge < -0.3 is 9.47 Å². The number of hydrogen-bond acceptors (Lipinski definition) is 4. The predicted molar refractivity (Wildman–Crippen MR) is 116 cm³/mol. The Morgan fingerprint density at radius 1 is 1.00 bits per heavy atom. The summed E-state index contributed by atoms with van der Waals surface area (Å²) >= 11 is 5.98. The zero-order valence-corrected chi connectivity index (χ0v) is 17.6. The molecule has 0 spiro atoms. The summed E-state index contributed by atoms with van der Waals surface area (Å²) in [5, 5.41) is 4.46. The Morgan fingerprint density at radius 2 is 1.72 bits per heavy atom. The van der Waals surface area contributed by atoms with Crippen molar-refractivity contribution in [2.24, 2.45) is 7.05 Å². The molecule has 5 nitrogen and oxygen atoms in total. The molecular formula is C24H17ClF2N2O3. The lowest BCUT2D eigenvalue weighted by Crippen LogP contribution is -2.09. The number of nitrogens with zero attached hydrogens (tertiary/aromatic N) is 2. The Morgan fingerprint density at radius 3 is 2.41 bits per heavy atom. The number of aryl methyl sites for hydroxylation is 1. The molecule has 0 bridgehead atoms. The third-order valence-corrected chi connectivity index (χ3v) is 4.99. The molecule has 4 aromatic rings. The van der Waals surface area contributed by atoms with E-state index in [0.29, 0.717) is 22.9 Å². The first-order valence-corrected chi connectivity index (χ1v) is 9.97. The van der Waals surface area contributed by atoms with Crippen LogP contribution in [0.25, 0.3) is 11.3 Å². The standard InChI is InChI=1S/C24H17ClF2N2O3/c1-29-23(32-17-12-10-16(26)11-13-17)18(22(28-29)15-6-3-2-4-7-15)14-31-24(30)21-19(25)8-5-9-20(21)27/h2-13H,14H2,1H3. The molecule has 0 amide bonds. The zero-order chi connectivity index (χ0) is 22.7. The van der Waals surface area contributed by atoms with Crippen LogP contribution in [0.4, 0.5) is 8.78 Å². The highest BCUT2D eigenvalue weighted by Gasteiger charge is 2.23. The van der Waals surface area contributed by atoms with Gasteiger partial charge in [-0.2, -0.15) is 5.10 Å². The van der Waals surface area contributed by atoms with Gasteiger partial charge in [-0.1, -0.05) is 48.0 Å². The first kappa shape index (κ1) is 21.5. The first-order valence-electron chi connectivity index (χ1n) is 9.60. The van der Waals surface area contributed by atoms with Crippen LogP contribution in [0.3, 0.4) is 0 Å². The maximum atomic E-state index is 14.1. The summed E-state index contributed by atoms with van der Waals surface area (Å²) in [4.78, 5) is 12.6. The summed E-state index contributed by atoms with van der Waals surface area (Å²) in [6.45, 7) is -0.252. The number of carbonyl (C=O) groups is 1. The number of hydrogen-bond donors (Lipinski definition) is 0. The fourth-order valence-corrected chi connectivity index (χ4v) is 3.40. The van der Waals surface area contributed by atoms with Gasteiger partial charge in [0.2, 0.25) is 5.88 Å². The number of aromatic nitrogens is 2. The molecule has 0 saturated heterocycles. The molecule has 32 heavy (non-hydrogen) atoms. The SMILES string of the molecule is Cn1nc(-c2ccccc2)c(COC(=O)c2c(F)cccc2Cl)c1Oc1ccc(F)cc1. The number of esters is 1. The normalized spacial score (nSPS) is 10.8. The summed E-state index contributed by atoms with van der Waals surface area (Å²) < 4.78 is 40.2. The van der Waals surface area contributed by atoms with Crippen molar-refractivity contribution >= 4 is 17.6 Å². The van der Waals surface area contributed by atoms with E-state index in [-0.39, 0.29) is 17.2 Å². The van der Waals surface area contributed by atoms with Crippen LogP contribution in [0.2, 0.25) is 5.02 Å². The van der Waals surface area contributed by atoms with E-state index in [1.807, 2.05) is 30.3 Å². The highest BCUT2D eigenvalue weighted by Crippen LogP contribution is 2.34. The van der Waals surface area contributed by atoms with Crippen LogP contribution in [-0.2, 0) is 18.4 Å². The van der Waals surface area contributed by atoms with Gasteiger partial charge in [0.05, 0.1) is 10.6 Å². The molecule has 0 saturated carbocycles. The van der Waals surface area contributed by atoms with Crippen LogP contribution in [0.1, 0.15) is 15.9 Å². The van der Waals surface area contributed by atoms with Crippen molar-refractivity contribution in [1.82, 2.24) is 9.78 Å². The largest absolute Gasteiger partial charge is 0.457 e. The number of ether oxygens (including phenoxy) is 2. The smallest absolute Gasteiger partial charge is 0.343 e. The Labute approximate surface area is 187 Å². The molecule has 1 aromatic heterocycles. The fraction of sp³-hybridized carbons (Fsp3) is 0.0833. The second-order valence-electron chi connectivity index (χ2n) is 6.85. The zero-order valence-electron chi connectivity index (χ0n) is 16.9. The molecule has 4 rings (SSSR count). The van der Waals surface area contributed by atoms with E-state index in [1.165, 1.54) is 41.1 Å². The maximum Gasteiger partial charge on any atom is 0.343 e. The van der Waals surface area contributed by atoms with Crippen molar-refractivity contribution in [2.45, 2.75) is 6.61 Å². The summed E-state index contributed by atoms with van der Waals surface area (Å²) in [6.07, 6.45) is 0. The van der Waals surface area contributed by atoms with Crippen molar-refractivity contribution in [1.29, 1.82) is 0 Å². The van der Waals surface area contributed by atoms with Gasteiger partial charge in [0.1, 0.15) is 35.2 Å². The molecule has 0 fully saturated rings. The molecule has 162 valence electrons. The summed E-state index contributed by atoms with van der Waals surface area (Å²) in [7, 11) is 1.67. The van der Waals surface area contributed by atoms with E-state index in [9.17, 15) is 13.6 Å². The van der Waals surface area contributed by atoms with E-state index in [0.717, 1.165) is 11.6 Å². The highest BCUT2D eigenvalue weighted by atomic mass is 35.5. The van der Waals surface area contributed by atoms with Gasteiger partial charge in [0.15, 0.2) is 0 Å². The Hall–Kier alpha value is -3.71. The second-order valence-corrected chi connectivity index (χ2v) is 7.26. The lowest BCUT2D eigenvalue weighted by molar-refractivity contribution is 0.0466. The Bertz CT molecular complexity index is 1240. The van der Waals surface area contributed by atoms with Crippen LogP contribution in [-0.4, -0.2) is 15.7 Å². The monoisotopic (exact) mass is 454 g/mol. The number of halogens is 3. The molecule has 0 unspecified atom stereocenters. The van der Waals surface area contributed by atoms with Crippen molar-refractivity contribution in [2.75, 3.05) is 0 Å². The molecule has 0 atom stereocenters. The molecular weight excluding hydrogens is 438 g/mol. The van der Waals surface area contributed by atoms with Gasteiger partial charge in [0.25, 0.3) is 0 Å². The number of rotatable bonds is 6. The summed E-state index contributed by atoms with van der Waals surface area (Å²) in [5.74, 6) is -1.42. The second kappa shape index (κ2) is 9.20. The minimum Gasteiger partial charge on any atom is -0.457 e. The van der Waals surface area contributed by atoms with E-state index in [4.69, 9.17) is 21.1 Å². The van der Waals surface area contributed by atoms with E-state index < -0.39 is 17.6 Å². The topological polar surface area (TPSA) is 53.4 Å². The summed E-state index contributed by atoms with van der Waals surface area (Å²) in [6, 6.07) is 18.7. The minimum absolute atomic E-state index is 0.0488. The Kier molecular flexibility index (Phi) is 6.18. The van der Waals surface area contributed by atoms with Crippen LogP contribution in [0.5, 0.6) is 11.6 Å². The molecule has 0 radical (unpaired) electrons. The third-order valence-electron chi connectivity index (χ3n) is 4.68. The minimum atomic E-state index is -0.913. The molecule has 1 heterocycles. The number of benzene rings is 3. The Balaban J connectivity index is 1.69. The molecule has 0 aliphatic heterocycles. The molecule has 8 heteroatoms. The van der Waals surface area contributed by atoms with Crippen LogP contribution in [0, 0.1) is 11.6 Å². The molecule has 0 aliphatic rings. The van der Waals surface area contributed by atoms with Gasteiger partial charge in [-0.25, -0.2) is 18.3 Å². The quantitative estimate of drug-likeness (QED) is 0.327. The highest BCUT2D eigenvalue weighted by molar-refractivity contribution is 6.33. The lowest BCUT2D eigenvalue weighted by atomic mass is 10.1. The number of carbonyl (C=O) groups excluding carboxylic acids is 1. The van der Waals surface area contributed by atoms with Gasteiger partial charge in [-0.05, 0) is 36.4 Å². The van der Waals surface area contributed by atoms with Crippen LogP contribution < -0.4 is 4.74 Å². The van der Waals surface area contributed by atoms with Gasteiger partial charge >= 0.3 is 5.97 Å². The first-order chi connectivity index (χ1) is 15.4. The average molecular weight is 455 g/mol. The van der Waals surface area contributed by atoms with Gasteiger partial charge in [-0.3, -0.25) is 0 Å². The molecule has 0 N–H and O–H groups in total. The van der Waals surface area contributed by atoms with E-state index >= 15 is 0 Å². The third kappa shape index (κ3) is 4.48. The van der Waals surface area contributed by atoms with E-state index in [1.54, 1.807) is 7.05 Å². The average Bonchev–Trinajstić information content (AvgIpc) is 3.09. The van der Waals surface area contributed by atoms with Gasteiger partial charge in [0, 0.05) is 12.6 Å². The molecule has 3 aromatic carbocycles. The van der Waals surface area contributed by atoms with Crippen molar-refractivity contribution in [3.63, 3.8) is 0 Å². The lowest BCUT2D eigenvalue weighted by Gasteiger charge is -2.11. The van der Waals surface area contributed by atoms with E-state index in [2.05, 4.69) is 5.10 Å². The van der Waals surface area contributed by atoms with Crippen molar-refractivity contribution in [3.05, 3.63) is 101 Å². The van der Waals surface area contributed by atoms with Crippen LogP contribution >= 0.6 is 11.6 Å². The molecule has 0 aliphatic carbocycles. The fourth-order valence-electron chi connectivity index (χ4n) is 3.16. The van der Waals surface area contributed by atoms with Crippen molar-refractivity contribution < 1.29 is 23.0 Å². The predicted octanol–water partition coefficient (Wildman–Crippen LogP) is 6.17.